The van der Waals surface area contributed by atoms with Crippen molar-refractivity contribution < 1.29 is 24.2 Å². The van der Waals surface area contributed by atoms with Crippen LogP contribution in [0.2, 0.25) is 0 Å². The van der Waals surface area contributed by atoms with E-state index in [1.165, 1.54) is 4.90 Å². The summed E-state index contributed by atoms with van der Waals surface area (Å²) < 4.78 is 5.58. The van der Waals surface area contributed by atoms with Crippen molar-refractivity contribution in [3.8, 4) is 11.1 Å². The van der Waals surface area contributed by atoms with Gasteiger partial charge in [-0.25, -0.2) is 9.59 Å². The molecule has 4 rings (SSSR count). The van der Waals surface area contributed by atoms with Crippen molar-refractivity contribution in [2.45, 2.75) is 44.6 Å². The molecule has 2 aliphatic rings. The van der Waals surface area contributed by atoms with Crippen LogP contribution in [0.25, 0.3) is 11.1 Å². The van der Waals surface area contributed by atoms with Gasteiger partial charge < -0.3 is 20.1 Å². The van der Waals surface area contributed by atoms with Gasteiger partial charge in [0.15, 0.2) is 0 Å². The highest BCUT2D eigenvalue weighted by Gasteiger charge is 2.51. The van der Waals surface area contributed by atoms with Crippen LogP contribution in [0.3, 0.4) is 0 Å². The van der Waals surface area contributed by atoms with E-state index in [4.69, 9.17) is 4.74 Å². The standard InChI is InChI=1S/C27H32N2O5/c1-17(2)22(24(30)29(3)27(25(31)32)13-8-14-27)15-28-26(33)34-16-23-20-11-6-4-9-18(20)19-10-5-7-12-21(19)23/h4-7,9-12,17,22-23H,8,13-16H2,1-3H3,(H,28,33)(H,31,32). The smallest absolute Gasteiger partial charge is 0.407 e. The summed E-state index contributed by atoms with van der Waals surface area (Å²) >= 11 is 0. The van der Waals surface area contributed by atoms with Gasteiger partial charge in [0.25, 0.3) is 0 Å². The third-order valence-corrected chi connectivity index (χ3v) is 7.48. The number of carbonyl (C=O) groups is 3. The number of amides is 2. The monoisotopic (exact) mass is 464 g/mol. The molecule has 0 spiro atoms. The van der Waals surface area contributed by atoms with Gasteiger partial charge in [-0.05, 0) is 47.4 Å². The van der Waals surface area contributed by atoms with Crippen LogP contribution in [0.5, 0.6) is 0 Å². The molecule has 1 unspecified atom stereocenters. The predicted molar refractivity (Wildman–Crippen MR) is 128 cm³/mol. The van der Waals surface area contributed by atoms with Crippen LogP contribution in [0.1, 0.15) is 50.2 Å². The average molecular weight is 465 g/mol. The van der Waals surface area contributed by atoms with Gasteiger partial charge in [0.1, 0.15) is 12.1 Å². The van der Waals surface area contributed by atoms with Crippen molar-refractivity contribution in [3.63, 3.8) is 0 Å². The predicted octanol–water partition coefficient (Wildman–Crippen LogP) is 4.26. The molecule has 2 aromatic carbocycles. The molecule has 0 aromatic heterocycles. The zero-order valence-electron chi connectivity index (χ0n) is 19.9. The van der Waals surface area contributed by atoms with Crippen LogP contribution in [0.15, 0.2) is 48.5 Å². The molecule has 0 bridgehead atoms. The molecule has 180 valence electrons. The number of nitrogens with one attached hydrogen (secondary N) is 1. The molecule has 2 amide bonds. The molecule has 2 aliphatic carbocycles. The van der Waals surface area contributed by atoms with Gasteiger partial charge in [-0.3, -0.25) is 4.79 Å². The Hall–Kier alpha value is -3.35. The summed E-state index contributed by atoms with van der Waals surface area (Å²) in [5.74, 6) is -1.89. The number of ether oxygens (including phenoxy) is 1. The van der Waals surface area contributed by atoms with Crippen LogP contribution in [-0.4, -0.2) is 53.7 Å². The number of alkyl carbamates (subject to hydrolysis) is 1. The van der Waals surface area contributed by atoms with E-state index in [1.807, 2.05) is 38.1 Å². The number of carboxylic acids is 1. The second-order valence-electron chi connectivity index (χ2n) is 9.64. The third-order valence-electron chi connectivity index (χ3n) is 7.48. The van der Waals surface area contributed by atoms with E-state index in [-0.39, 0.29) is 30.9 Å². The van der Waals surface area contributed by atoms with E-state index in [9.17, 15) is 19.5 Å². The van der Waals surface area contributed by atoms with Crippen molar-refractivity contribution in [1.29, 1.82) is 0 Å². The minimum absolute atomic E-state index is 0.0409. The van der Waals surface area contributed by atoms with Crippen LogP contribution < -0.4 is 5.32 Å². The lowest BCUT2D eigenvalue weighted by Crippen LogP contribution is -2.61. The van der Waals surface area contributed by atoms with E-state index < -0.39 is 23.5 Å². The van der Waals surface area contributed by atoms with Gasteiger partial charge in [0, 0.05) is 19.5 Å². The van der Waals surface area contributed by atoms with Gasteiger partial charge >= 0.3 is 12.1 Å². The summed E-state index contributed by atoms with van der Waals surface area (Å²) in [6, 6.07) is 16.3. The molecule has 1 atom stereocenters. The zero-order valence-corrected chi connectivity index (χ0v) is 19.9. The van der Waals surface area contributed by atoms with E-state index in [2.05, 4.69) is 29.6 Å². The second-order valence-corrected chi connectivity index (χ2v) is 9.64. The number of benzene rings is 2. The van der Waals surface area contributed by atoms with Crippen LogP contribution >= 0.6 is 0 Å². The van der Waals surface area contributed by atoms with Crippen LogP contribution in [-0.2, 0) is 14.3 Å². The number of nitrogens with zero attached hydrogens (tertiary/aromatic N) is 1. The van der Waals surface area contributed by atoms with E-state index in [1.54, 1.807) is 7.05 Å². The summed E-state index contributed by atoms with van der Waals surface area (Å²) in [6.07, 6.45) is 1.11. The maximum absolute atomic E-state index is 13.2. The number of fused-ring (bicyclic) bond motifs is 3. The highest BCUT2D eigenvalue weighted by molar-refractivity contribution is 5.89. The molecule has 0 radical (unpaired) electrons. The van der Waals surface area contributed by atoms with Crippen molar-refractivity contribution in [3.05, 3.63) is 59.7 Å². The Labute approximate surface area is 200 Å². The largest absolute Gasteiger partial charge is 0.479 e. The highest BCUT2D eigenvalue weighted by Crippen LogP contribution is 2.44. The Bertz CT molecular complexity index is 1050. The molecular weight excluding hydrogens is 432 g/mol. The highest BCUT2D eigenvalue weighted by atomic mass is 16.5. The first-order valence-electron chi connectivity index (χ1n) is 11.9. The Morgan fingerprint density at radius 2 is 1.62 bits per heavy atom. The molecule has 7 nitrogen and oxygen atoms in total. The number of aliphatic carboxylic acids is 1. The summed E-state index contributed by atoms with van der Waals surface area (Å²) in [4.78, 5) is 38.9. The van der Waals surface area contributed by atoms with Gasteiger partial charge in [-0.2, -0.15) is 0 Å². The van der Waals surface area contributed by atoms with Crippen molar-refractivity contribution in [2.75, 3.05) is 20.2 Å². The molecule has 1 fully saturated rings. The lowest BCUT2D eigenvalue weighted by atomic mass is 9.74. The van der Waals surface area contributed by atoms with Crippen molar-refractivity contribution >= 4 is 18.0 Å². The topological polar surface area (TPSA) is 95.9 Å². The van der Waals surface area contributed by atoms with E-state index in [0.29, 0.717) is 12.8 Å². The number of carboxylic acid groups (broad SMARTS) is 1. The third kappa shape index (κ3) is 4.15. The van der Waals surface area contributed by atoms with E-state index in [0.717, 1.165) is 28.7 Å². The summed E-state index contributed by atoms with van der Waals surface area (Å²) in [5.41, 5.74) is 3.45. The van der Waals surface area contributed by atoms with Gasteiger partial charge in [0.2, 0.25) is 5.91 Å². The average Bonchev–Trinajstić information content (AvgIpc) is 3.10. The summed E-state index contributed by atoms with van der Waals surface area (Å²) in [7, 11) is 1.55. The van der Waals surface area contributed by atoms with Gasteiger partial charge in [-0.1, -0.05) is 62.4 Å². The van der Waals surface area contributed by atoms with Gasteiger partial charge in [0.05, 0.1) is 5.92 Å². The first-order valence-corrected chi connectivity index (χ1v) is 11.9. The molecule has 0 saturated heterocycles. The zero-order chi connectivity index (χ0) is 24.5. The molecule has 1 saturated carbocycles. The molecule has 2 N–H and O–H groups in total. The maximum Gasteiger partial charge on any atom is 0.407 e. The Morgan fingerprint density at radius 3 is 2.09 bits per heavy atom. The fourth-order valence-electron chi connectivity index (χ4n) is 5.11. The van der Waals surface area contributed by atoms with Crippen LogP contribution in [0, 0.1) is 11.8 Å². The first-order chi connectivity index (χ1) is 16.3. The number of likely N-dealkylation sites (N-methyl/N-ethyl adjacent to an activating group) is 1. The lowest BCUT2D eigenvalue weighted by Gasteiger charge is -2.46. The summed E-state index contributed by atoms with van der Waals surface area (Å²) in [6.45, 7) is 4.07. The fourth-order valence-corrected chi connectivity index (χ4v) is 5.11. The minimum atomic E-state index is -1.13. The first kappa shape index (κ1) is 23.8. The SMILES string of the molecule is CC(C)C(CNC(=O)OCC1c2ccccc2-c2ccccc21)C(=O)N(C)C1(C(=O)O)CCC1. The number of rotatable bonds is 8. The number of carbonyl (C=O) groups excluding carboxylic acids is 2. The van der Waals surface area contributed by atoms with Crippen molar-refractivity contribution in [2.24, 2.45) is 11.8 Å². The number of hydrogen-bond donors (Lipinski definition) is 2. The molecule has 0 heterocycles. The Balaban J connectivity index is 1.37. The molecule has 0 aliphatic heterocycles. The van der Waals surface area contributed by atoms with Gasteiger partial charge in [-0.15, -0.1) is 0 Å². The summed E-state index contributed by atoms with van der Waals surface area (Å²) in [5, 5.41) is 12.4. The fraction of sp³-hybridized carbons (Fsp3) is 0.444. The van der Waals surface area contributed by atoms with Crippen molar-refractivity contribution in [1.82, 2.24) is 10.2 Å². The normalized spacial score (nSPS) is 16.7. The molecular formula is C27H32N2O5. The van der Waals surface area contributed by atoms with Crippen LogP contribution in [0.4, 0.5) is 4.79 Å². The van der Waals surface area contributed by atoms with E-state index >= 15 is 0 Å². The lowest BCUT2D eigenvalue weighted by molar-refractivity contribution is -0.166. The number of hydrogen-bond acceptors (Lipinski definition) is 4. The molecule has 2 aromatic rings. The quantitative estimate of drug-likeness (QED) is 0.609. The molecule has 7 heteroatoms. The molecule has 34 heavy (non-hydrogen) atoms. The second kappa shape index (κ2) is 9.49. The minimum Gasteiger partial charge on any atom is -0.479 e. The Morgan fingerprint density at radius 1 is 1.06 bits per heavy atom. The Kier molecular flexibility index (Phi) is 6.64. The maximum atomic E-state index is 13.2.